The summed E-state index contributed by atoms with van der Waals surface area (Å²) in [5, 5.41) is 5.11. The van der Waals surface area contributed by atoms with Crippen molar-refractivity contribution in [1.82, 2.24) is 14.8 Å². The maximum absolute atomic E-state index is 4.55. The molecule has 0 N–H and O–H groups in total. The highest BCUT2D eigenvalue weighted by molar-refractivity contribution is 7.99. The van der Waals surface area contributed by atoms with E-state index in [9.17, 15) is 0 Å². The van der Waals surface area contributed by atoms with E-state index in [1.807, 2.05) is 23.5 Å². The van der Waals surface area contributed by atoms with Gasteiger partial charge in [0.25, 0.3) is 0 Å². The van der Waals surface area contributed by atoms with Crippen LogP contribution in [0, 0.1) is 5.41 Å². The molecule has 0 aromatic carbocycles. The van der Waals surface area contributed by atoms with Crippen molar-refractivity contribution in [3.8, 4) is 0 Å². The van der Waals surface area contributed by atoms with E-state index in [2.05, 4.69) is 22.7 Å². The lowest BCUT2D eigenvalue weighted by molar-refractivity contribution is 0.258. The number of aromatic nitrogens is 3. The molecule has 1 aromatic rings. The average Bonchev–Trinajstić information content (AvgIpc) is 2.74. The Balaban J connectivity index is 1.94. The predicted molar refractivity (Wildman–Crippen MR) is 71.1 cm³/mol. The number of hydrogen-bond donors (Lipinski definition) is 1. The van der Waals surface area contributed by atoms with E-state index in [0.717, 1.165) is 16.7 Å². The number of aryl methyl sites for hydroxylation is 1. The van der Waals surface area contributed by atoms with Gasteiger partial charge in [-0.25, -0.2) is 9.67 Å². The lowest BCUT2D eigenvalue weighted by atomic mass is 9.77. The first-order valence-electron chi connectivity index (χ1n) is 5.83. The Labute approximate surface area is 107 Å². The first-order chi connectivity index (χ1) is 7.76. The molecule has 0 saturated heterocycles. The van der Waals surface area contributed by atoms with Gasteiger partial charge in [0.1, 0.15) is 6.33 Å². The third-order valence-electron chi connectivity index (χ3n) is 3.43. The largest absolute Gasteiger partial charge is 0.244 e. The monoisotopic (exact) mass is 257 g/mol. The van der Waals surface area contributed by atoms with Crippen LogP contribution >= 0.6 is 24.4 Å². The maximum atomic E-state index is 4.55. The Kier molecular flexibility index (Phi) is 4.19. The normalized spacial score (nSPS) is 19.9. The van der Waals surface area contributed by atoms with Crippen LogP contribution < -0.4 is 0 Å². The second-order valence-electron chi connectivity index (χ2n) is 4.67. The molecule has 1 aromatic heterocycles. The van der Waals surface area contributed by atoms with Crippen LogP contribution in [0.15, 0.2) is 11.5 Å². The quantitative estimate of drug-likeness (QED) is 0.664. The highest BCUT2D eigenvalue weighted by atomic mass is 32.2. The van der Waals surface area contributed by atoms with Crippen molar-refractivity contribution in [2.45, 2.75) is 37.3 Å². The molecule has 1 aliphatic carbocycles. The van der Waals surface area contributed by atoms with Gasteiger partial charge in [0.15, 0.2) is 5.16 Å². The fourth-order valence-corrected chi connectivity index (χ4v) is 4.04. The van der Waals surface area contributed by atoms with E-state index in [4.69, 9.17) is 0 Å². The van der Waals surface area contributed by atoms with Gasteiger partial charge in [0, 0.05) is 12.8 Å². The minimum Gasteiger partial charge on any atom is -0.244 e. The molecule has 1 heterocycles. The molecule has 2 rings (SSSR count). The number of thiol groups is 1. The van der Waals surface area contributed by atoms with Crippen LogP contribution in [0.2, 0.25) is 0 Å². The first-order valence-corrected chi connectivity index (χ1v) is 7.45. The van der Waals surface area contributed by atoms with Crippen molar-refractivity contribution >= 4 is 24.4 Å². The predicted octanol–water partition coefficient (Wildman–Crippen LogP) is 2.79. The molecule has 3 nitrogen and oxygen atoms in total. The summed E-state index contributed by atoms with van der Waals surface area (Å²) in [4.78, 5) is 4.26. The summed E-state index contributed by atoms with van der Waals surface area (Å²) in [6.07, 6.45) is 8.38. The topological polar surface area (TPSA) is 30.7 Å². The van der Waals surface area contributed by atoms with E-state index in [1.54, 1.807) is 6.33 Å². The molecule has 1 aliphatic rings. The van der Waals surface area contributed by atoms with Crippen molar-refractivity contribution in [2.75, 3.05) is 11.5 Å². The van der Waals surface area contributed by atoms with Gasteiger partial charge in [-0.05, 0) is 24.0 Å². The highest BCUT2D eigenvalue weighted by Crippen LogP contribution is 2.40. The molecule has 1 fully saturated rings. The Hall–Kier alpha value is -0.160. The molecule has 0 atom stereocenters. The molecule has 0 spiro atoms. The minimum atomic E-state index is 0.429. The van der Waals surface area contributed by atoms with Gasteiger partial charge in [0.05, 0.1) is 0 Å². The Morgan fingerprint density at radius 2 is 2.19 bits per heavy atom. The Morgan fingerprint density at radius 1 is 1.44 bits per heavy atom. The van der Waals surface area contributed by atoms with E-state index in [1.165, 1.54) is 32.1 Å². The SMILES string of the molecule is Cn1ncnc1SCC1(CS)CCCCC1. The summed E-state index contributed by atoms with van der Waals surface area (Å²) in [5.41, 5.74) is 0.429. The standard InChI is InChI=1S/C11H19N3S2/c1-14-10(12-9-13-14)16-8-11(7-15)5-3-2-4-6-11/h9,15H,2-8H2,1H3. The summed E-state index contributed by atoms with van der Waals surface area (Å²) in [6, 6.07) is 0. The van der Waals surface area contributed by atoms with E-state index >= 15 is 0 Å². The highest BCUT2D eigenvalue weighted by Gasteiger charge is 2.31. The molecule has 0 bridgehead atoms. The van der Waals surface area contributed by atoms with Gasteiger partial charge in [0.2, 0.25) is 0 Å². The molecule has 16 heavy (non-hydrogen) atoms. The second-order valence-corrected chi connectivity index (χ2v) is 5.93. The summed E-state index contributed by atoms with van der Waals surface area (Å²) in [5.74, 6) is 2.13. The average molecular weight is 257 g/mol. The molecule has 0 aliphatic heterocycles. The number of thioether (sulfide) groups is 1. The van der Waals surface area contributed by atoms with Gasteiger partial charge in [-0.2, -0.15) is 17.7 Å². The minimum absolute atomic E-state index is 0.429. The van der Waals surface area contributed by atoms with Crippen LogP contribution in [0.1, 0.15) is 32.1 Å². The van der Waals surface area contributed by atoms with Crippen LogP contribution in [-0.2, 0) is 7.05 Å². The number of nitrogens with zero attached hydrogens (tertiary/aromatic N) is 3. The fraction of sp³-hybridized carbons (Fsp3) is 0.818. The van der Waals surface area contributed by atoms with E-state index in [-0.39, 0.29) is 0 Å². The second kappa shape index (κ2) is 5.45. The van der Waals surface area contributed by atoms with Crippen molar-refractivity contribution < 1.29 is 0 Å². The zero-order chi connectivity index (χ0) is 11.4. The molecular formula is C11H19N3S2. The van der Waals surface area contributed by atoms with Crippen LogP contribution in [0.3, 0.4) is 0 Å². The van der Waals surface area contributed by atoms with Crippen molar-refractivity contribution in [3.63, 3.8) is 0 Å². The fourth-order valence-electron chi connectivity index (χ4n) is 2.28. The van der Waals surface area contributed by atoms with Crippen LogP contribution in [0.25, 0.3) is 0 Å². The van der Waals surface area contributed by atoms with Gasteiger partial charge >= 0.3 is 0 Å². The molecule has 0 amide bonds. The van der Waals surface area contributed by atoms with Crippen LogP contribution in [0.4, 0.5) is 0 Å². The third kappa shape index (κ3) is 2.74. The Bertz CT molecular complexity index is 332. The summed E-state index contributed by atoms with van der Waals surface area (Å²) in [7, 11) is 1.95. The molecule has 5 heteroatoms. The van der Waals surface area contributed by atoms with Gasteiger partial charge < -0.3 is 0 Å². The smallest absolute Gasteiger partial charge is 0.185 e. The Morgan fingerprint density at radius 3 is 2.75 bits per heavy atom. The number of hydrogen-bond acceptors (Lipinski definition) is 4. The van der Waals surface area contributed by atoms with Crippen molar-refractivity contribution in [1.29, 1.82) is 0 Å². The zero-order valence-corrected chi connectivity index (χ0v) is 11.4. The lowest BCUT2D eigenvalue weighted by Gasteiger charge is -2.35. The van der Waals surface area contributed by atoms with Crippen LogP contribution in [-0.4, -0.2) is 26.3 Å². The van der Waals surface area contributed by atoms with Gasteiger partial charge in [-0.15, -0.1) is 0 Å². The number of rotatable bonds is 4. The summed E-state index contributed by atoms with van der Waals surface area (Å²) in [6.45, 7) is 0. The molecule has 1 saturated carbocycles. The first kappa shape index (κ1) is 12.3. The van der Waals surface area contributed by atoms with E-state index in [0.29, 0.717) is 5.41 Å². The molecule has 0 unspecified atom stereocenters. The molecule has 90 valence electrons. The molecule has 0 radical (unpaired) electrons. The van der Waals surface area contributed by atoms with Gasteiger partial charge in [-0.3, -0.25) is 0 Å². The molecular weight excluding hydrogens is 238 g/mol. The van der Waals surface area contributed by atoms with Crippen LogP contribution in [0.5, 0.6) is 0 Å². The summed E-state index contributed by atoms with van der Waals surface area (Å²) >= 11 is 6.37. The maximum Gasteiger partial charge on any atom is 0.185 e. The van der Waals surface area contributed by atoms with Gasteiger partial charge in [-0.1, -0.05) is 31.0 Å². The van der Waals surface area contributed by atoms with E-state index < -0.39 is 0 Å². The van der Waals surface area contributed by atoms with Crippen molar-refractivity contribution in [2.24, 2.45) is 12.5 Å². The van der Waals surface area contributed by atoms with Crippen molar-refractivity contribution in [3.05, 3.63) is 6.33 Å². The summed E-state index contributed by atoms with van der Waals surface area (Å²) < 4.78 is 1.85. The zero-order valence-electron chi connectivity index (χ0n) is 9.72. The third-order valence-corrected chi connectivity index (χ3v) is 5.48. The lowest BCUT2D eigenvalue weighted by Crippen LogP contribution is -2.29.